The quantitative estimate of drug-likeness (QED) is 0.862. The van der Waals surface area contributed by atoms with Crippen molar-refractivity contribution in [2.45, 2.75) is 46.6 Å². The fraction of sp³-hybridized carbons (Fsp3) is 0.533. The number of aromatic hydroxyl groups is 1. The summed E-state index contributed by atoms with van der Waals surface area (Å²) in [5, 5.41) is 12.2. The van der Waals surface area contributed by atoms with Crippen LogP contribution in [0.3, 0.4) is 0 Å². The molecule has 3 nitrogen and oxygen atoms in total. The summed E-state index contributed by atoms with van der Waals surface area (Å²) in [6, 6.07) is 7.19. The van der Waals surface area contributed by atoms with Gasteiger partial charge < -0.3 is 10.4 Å². The third-order valence-corrected chi connectivity index (χ3v) is 2.58. The summed E-state index contributed by atoms with van der Waals surface area (Å²) in [6.45, 7) is 8.15. The molecule has 0 heterocycles. The Morgan fingerprint density at radius 1 is 1.28 bits per heavy atom. The average molecular weight is 249 g/mol. The Morgan fingerprint density at radius 3 is 2.33 bits per heavy atom. The van der Waals surface area contributed by atoms with E-state index in [-0.39, 0.29) is 23.1 Å². The predicted molar refractivity (Wildman–Crippen MR) is 73.5 cm³/mol. The number of phenolic OH excluding ortho intramolecular Hbond substituents is 1. The summed E-state index contributed by atoms with van der Waals surface area (Å²) in [4.78, 5) is 11.8. The highest BCUT2D eigenvalue weighted by Crippen LogP contribution is 2.18. The van der Waals surface area contributed by atoms with Crippen LogP contribution < -0.4 is 5.32 Å². The molecule has 1 unspecified atom stereocenters. The number of amides is 1. The van der Waals surface area contributed by atoms with E-state index < -0.39 is 0 Å². The molecule has 1 rings (SSSR count). The standard InChI is InChI=1S/C15H23NO2/c1-11(16-14(18)10-15(2,3)4)9-12-5-7-13(17)8-6-12/h5-8,11,17H,9-10H2,1-4H3,(H,16,18). The molecule has 1 aromatic carbocycles. The summed E-state index contributed by atoms with van der Waals surface area (Å²) in [5.74, 6) is 0.358. The van der Waals surface area contributed by atoms with E-state index in [4.69, 9.17) is 0 Å². The van der Waals surface area contributed by atoms with Crippen molar-refractivity contribution in [1.82, 2.24) is 5.32 Å². The van der Waals surface area contributed by atoms with Gasteiger partial charge in [0.05, 0.1) is 0 Å². The maximum Gasteiger partial charge on any atom is 0.220 e. The first-order chi connectivity index (χ1) is 8.26. The molecule has 0 radical (unpaired) electrons. The van der Waals surface area contributed by atoms with Crippen molar-refractivity contribution in [3.63, 3.8) is 0 Å². The molecule has 0 aliphatic heterocycles. The molecule has 1 amide bonds. The number of carbonyl (C=O) groups is 1. The fourth-order valence-electron chi connectivity index (χ4n) is 1.84. The van der Waals surface area contributed by atoms with Gasteiger partial charge in [0.15, 0.2) is 0 Å². The van der Waals surface area contributed by atoms with Gasteiger partial charge in [-0.2, -0.15) is 0 Å². The molecule has 1 aromatic rings. The average Bonchev–Trinajstić information content (AvgIpc) is 2.18. The zero-order valence-electron chi connectivity index (χ0n) is 11.7. The molecular formula is C15H23NO2. The number of hydrogen-bond acceptors (Lipinski definition) is 2. The van der Waals surface area contributed by atoms with Crippen LogP contribution in [0.2, 0.25) is 0 Å². The van der Waals surface area contributed by atoms with E-state index in [1.165, 1.54) is 0 Å². The van der Waals surface area contributed by atoms with Crippen molar-refractivity contribution in [1.29, 1.82) is 0 Å². The van der Waals surface area contributed by atoms with Gasteiger partial charge in [-0.15, -0.1) is 0 Å². The summed E-state index contributed by atoms with van der Waals surface area (Å²) in [5.41, 5.74) is 1.12. The van der Waals surface area contributed by atoms with Gasteiger partial charge in [-0.3, -0.25) is 4.79 Å². The number of rotatable bonds is 4. The first-order valence-electron chi connectivity index (χ1n) is 6.33. The predicted octanol–water partition coefficient (Wildman–Crippen LogP) is 2.88. The molecule has 0 aromatic heterocycles. The van der Waals surface area contributed by atoms with E-state index in [0.717, 1.165) is 12.0 Å². The van der Waals surface area contributed by atoms with Crippen LogP contribution in [0.4, 0.5) is 0 Å². The molecule has 0 fully saturated rings. The van der Waals surface area contributed by atoms with E-state index in [9.17, 15) is 9.90 Å². The summed E-state index contributed by atoms with van der Waals surface area (Å²) >= 11 is 0. The topological polar surface area (TPSA) is 49.3 Å². The molecule has 0 saturated heterocycles. The minimum absolute atomic E-state index is 0.0162. The van der Waals surface area contributed by atoms with E-state index in [0.29, 0.717) is 6.42 Å². The molecule has 0 spiro atoms. The van der Waals surface area contributed by atoms with Crippen molar-refractivity contribution < 1.29 is 9.90 Å². The van der Waals surface area contributed by atoms with E-state index in [2.05, 4.69) is 26.1 Å². The Balaban J connectivity index is 2.44. The Hall–Kier alpha value is -1.51. The number of nitrogens with one attached hydrogen (secondary N) is 1. The third-order valence-electron chi connectivity index (χ3n) is 2.58. The Labute approximate surface area is 109 Å². The van der Waals surface area contributed by atoms with Gasteiger partial charge in [-0.1, -0.05) is 32.9 Å². The second kappa shape index (κ2) is 5.89. The minimum atomic E-state index is 0.0162. The SMILES string of the molecule is CC(Cc1ccc(O)cc1)NC(=O)CC(C)(C)C. The van der Waals surface area contributed by atoms with Crippen LogP contribution in [0.1, 0.15) is 39.7 Å². The fourth-order valence-corrected chi connectivity index (χ4v) is 1.84. The van der Waals surface area contributed by atoms with Gasteiger partial charge in [-0.05, 0) is 36.5 Å². The molecule has 0 saturated carbocycles. The Morgan fingerprint density at radius 2 is 1.83 bits per heavy atom. The minimum Gasteiger partial charge on any atom is -0.508 e. The summed E-state index contributed by atoms with van der Waals surface area (Å²) < 4.78 is 0. The van der Waals surface area contributed by atoms with Crippen LogP contribution in [0, 0.1) is 5.41 Å². The molecule has 18 heavy (non-hydrogen) atoms. The first kappa shape index (κ1) is 14.6. The Bertz CT molecular complexity index is 390. The highest BCUT2D eigenvalue weighted by atomic mass is 16.3. The van der Waals surface area contributed by atoms with E-state index >= 15 is 0 Å². The second-order valence-corrected chi connectivity index (χ2v) is 6.08. The molecule has 1 atom stereocenters. The highest BCUT2D eigenvalue weighted by Gasteiger charge is 2.17. The van der Waals surface area contributed by atoms with Crippen molar-refractivity contribution >= 4 is 5.91 Å². The normalized spacial score (nSPS) is 13.1. The van der Waals surface area contributed by atoms with Crippen LogP contribution in [0.25, 0.3) is 0 Å². The second-order valence-electron chi connectivity index (χ2n) is 6.08. The highest BCUT2D eigenvalue weighted by molar-refractivity contribution is 5.76. The van der Waals surface area contributed by atoms with Crippen molar-refractivity contribution in [3.05, 3.63) is 29.8 Å². The van der Waals surface area contributed by atoms with Gasteiger partial charge in [0.1, 0.15) is 5.75 Å². The molecular weight excluding hydrogens is 226 g/mol. The zero-order valence-corrected chi connectivity index (χ0v) is 11.7. The molecule has 0 aliphatic carbocycles. The lowest BCUT2D eigenvalue weighted by Gasteiger charge is -2.20. The molecule has 100 valence electrons. The van der Waals surface area contributed by atoms with Gasteiger partial charge in [0.25, 0.3) is 0 Å². The smallest absolute Gasteiger partial charge is 0.220 e. The lowest BCUT2D eigenvalue weighted by molar-refractivity contribution is -0.123. The number of phenols is 1. The summed E-state index contributed by atoms with van der Waals surface area (Å²) in [6.07, 6.45) is 1.31. The van der Waals surface area contributed by atoms with E-state index in [1.54, 1.807) is 12.1 Å². The maximum atomic E-state index is 11.8. The summed E-state index contributed by atoms with van der Waals surface area (Å²) in [7, 11) is 0. The zero-order chi connectivity index (χ0) is 13.8. The van der Waals surface area contributed by atoms with Crippen LogP contribution in [-0.2, 0) is 11.2 Å². The van der Waals surface area contributed by atoms with Crippen LogP contribution >= 0.6 is 0 Å². The van der Waals surface area contributed by atoms with E-state index in [1.807, 2.05) is 19.1 Å². The molecule has 3 heteroatoms. The van der Waals surface area contributed by atoms with Gasteiger partial charge in [0.2, 0.25) is 5.91 Å². The third kappa shape index (κ3) is 5.71. The largest absolute Gasteiger partial charge is 0.508 e. The van der Waals surface area contributed by atoms with Crippen molar-refractivity contribution in [3.8, 4) is 5.75 Å². The lowest BCUT2D eigenvalue weighted by Crippen LogP contribution is -2.36. The van der Waals surface area contributed by atoms with Crippen molar-refractivity contribution in [2.75, 3.05) is 0 Å². The lowest BCUT2D eigenvalue weighted by atomic mass is 9.92. The Kier molecular flexibility index (Phi) is 4.76. The number of hydrogen-bond donors (Lipinski definition) is 2. The monoisotopic (exact) mass is 249 g/mol. The maximum absolute atomic E-state index is 11.8. The molecule has 0 aliphatic rings. The number of benzene rings is 1. The first-order valence-corrected chi connectivity index (χ1v) is 6.33. The van der Waals surface area contributed by atoms with Gasteiger partial charge in [-0.25, -0.2) is 0 Å². The molecule has 2 N–H and O–H groups in total. The molecule has 0 bridgehead atoms. The van der Waals surface area contributed by atoms with Gasteiger partial charge >= 0.3 is 0 Å². The van der Waals surface area contributed by atoms with Crippen LogP contribution in [0.5, 0.6) is 5.75 Å². The van der Waals surface area contributed by atoms with Crippen molar-refractivity contribution in [2.24, 2.45) is 5.41 Å². The van der Waals surface area contributed by atoms with Crippen LogP contribution in [0.15, 0.2) is 24.3 Å². The van der Waals surface area contributed by atoms with Gasteiger partial charge in [0, 0.05) is 12.5 Å². The van der Waals surface area contributed by atoms with Crippen LogP contribution in [-0.4, -0.2) is 17.1 Å². The number of carbonyl (C=O) groups excluding carboxylic acids is 1.